The molecule has 0 saturated carbocycles. The number of halogens is 4. The van der Waals surface area contributed by atoms with E-state index in [9.17, 15) is 13.6 Å². The van der Waals surface area contributed by atoms with Crippen molar-refractivity contribution in [1.29, 1.82) is 0 Å². The van der Waals surface area contributed by atoms with E-state index in [1.165, 1.54) is 12.3 Å². The molecule has 0 fully saturated rings. The van der Waals surface area contributed by atoms with Crippen molar-refractivity contribution in [2.24, 2.45) is 0 Å². The number of pyridine rings is 1. The molecule has 1 aromatic rings. The zero-order valence-corrected chi connectivity index (χ0v) is 8.44. The fourth-order valence-corrected chi connectivity index (χ4v) is 1.26. The van der Waals surface area contributed by atoms with Crippen molar-refractivity contribution in [3.63, 3.8) is 0 Å². The lowest BCUT2D eigenvalue weighted by Gasteiger charge is -2.03. The number of alkyl halides is 2. The van der Waals surface area contributed by atoms with Crippen LogP contribution in [0.2, 0.25) is 0 Å². The average Bonchev–Trinajstić information content (AvgIpc) is 2.03. The molecule has 0 atom stereocenters. The Morgan fingerprint density at radius 3 is 2.69 bits per heavy atom. The number of rotatable bonds is 2. The average molecular weight is 270 g/mol. The molecule has 1 heterocycles. The molecule has 1 aromatic heterocycles. The van der Waals surface area contributed by atoms with Gasteiger partial charge in [-0.05, 0) is 33.6 Å². The molecule has 0 aliphatic carbocycles. The second-order valence-electron chi connectivity index (χ2n) is 2.16. The molecule has 2 nitrogen and oxygen atoms in total. The zero-order chi connectivity index (χ0) is 10.0. The minimum absolute atomic E-state index is 0.272. The maximum Gasteiger partial charge on any atom is 0.281 e. The lowest BCUT2D eigenvalue weighted by atomic mass is 10.2. The minimum Gasteiger partial charge on any atom is -0.276 e. The number of hydrogen-bond acceptors (Lipinski definition) is 2. The van der Waals surface area contributed by atoms with Gasteiger partial charge in [0.2, 0.25) is 0 Å². The van der Waals surface area contributed by atoms with Gasteiger partial charge in [-0.15, -0.1) is 0 Å². The molecule has 0 aliphatic heterocycles. The molecule has 70 valence electrons. The number of nitrogens with zero attached hydrogens (tertiary/aromatic N) is 1. The van der Waals surface area contributed by atoms with Crippen LogP contribution in [0.4, 0.5) is 8.78 Å². The van der Waals surface area contributed by atoms with E-state index in [0.29, 0.717) is 4.47 Å². The van der Waals surface area contributed by atoms with Crippen LogP contribution in [0.25, 0.3) is 0 Å². The summed E-state index contributed by atoms with van der Waals surface area (Å²) in [6.07, 6.45) is -1.61. The highest BCUT2D eigenvalue weighted by Crippen LogP contribution is 2.24. The summed E-state index contributed by atoms with van der Waals surface area (Å²) in [5.74, 6) is 0. The fourth-order valence-electron chi connectivity index (χ4n) is 0.781. The molecule has 0 aromatic carbocycles. The summed E-state index contributed by atoms with van der Waals surface area (Å²) in [6.45, 7) is 0. The van der Waals surface area contributed by atoms with Gasteiger partial charge in [0.25, 0.3) is 11.7 Å². The molecular formula is C7H3BrClF2NO. The van der Waals surface area contributed by atoms with Crippen molar-refractivity contribution in [1.82, 2.24) is 4.98 Å². The summed E-state index contributed by atoms with van der Waals surface area (Å²) in [5.41, 5.74) is -0.866. The Morgan fingerprint density at radius 2 is 2.23 bits per heavy atom. The van der Waals surface area contributed by atoms with Gasteiger partial charge in [-0.1, -0.05) is 0 Å². The summed E-state index contributed by atoms with van der Waals surface area (Å²) in [5, 5.41) is -0.941. The van der Waals surface area contributed by atoms with Crippen LogP contribution in [0, 0.1) is 0 Å². The van der Waals surface area contributed by atoms with Crippen LogP contribution in [0.15, 0.2) is 16.7 Å². The van der Waals surface area contributed by atoms with Crippen LogP contribution >= 0.6 is 27.5 Å². The van der Waals surface area contributed by atoms with Crippen LogP contribution in [0.3, 0.4) is 0 Å². The van der Waals surface area contributed by atoms with Crippen LogP contribution in [-0.4, -0.2) is 10.2 Å². The molecule has 0 aliphatic rings. The molecule has 0 spiro atoms. The normalized spacial score (nSPS) is 10.5. The Balaban J connectivity index is 3.27. The van der Waals surface area contributed by atoms with Crippen LogP contribution in [-0.2, 0) is 0 Å². The fraction of sp³-hybridized carbons (Fsp3) is 0.143. The highest BCUT2D eigenvalue weighted by molar-refractivity contribution is 9.10. The van der Waals surface area contributed by atoms with Crippen LogP contribution in [0.5, 0.6) is 0 Å². The molecule has 6 heteroatoms. The first-order valence-electron chi connectivity index (χ1n) is 3.16. The zero-order valence-electron chi connectivity index (χ0n) is 6.10. The van der Waals surface area contributed by atoms with E-state index in [2.05, 4.69) is 20.9 Å². The van der Waals surface area contributed by atoms with E-state index in [0.717, 1.165) is 0 Å². The van der Waals surface area contributed by atoms with Gasteiger partial charge in [0.1, 0.15) is 5.69 Å². The number of aromatic nitrogens is 1. The van der Waals surface area contributed by atoms with E-state index in [4.69, 9.17) is 11.6 Å². The highest BCUT2D eigenvalue weighted by atomic mass is 79.9. The molecule has 0 saturated heterocycles. The lowest BCUT2D eigenvalue weighted by molar-refractivity contribution is 0.106. The first-order valence-corrected chi connectivity index (χ1v) is 4.33. The Hall–Kier alpha value is -0.550. The van der Waals surface area contributed by atoms with E-state index < -0.39 is 17.4 Å². The van der Waals surface area contributed by atoms with Crippen molar-refractivity contribution in [3.05, 3.63) is 28.0 Å². The van der Waals surface area contributed by atoms with E-state index >= 15 is 0 Å². The standard InChI is InChI=1S/C7H3BrClF2NO/c8-3-1-4(6(9)13)5(7(10)11)12-2-3/h1-2,7H. The van der Waals surface area contributed by atoms with E-state index in [1.807, 2.05) is 0 Å². The first kappa shape index (κ1) is 10.5. The third kappa shape index (κ3) is 2.45. The van der Waals surface area contributed by atoms with Crippen LogP contribution in [0.1, 0.15) is 22.5 Å². The van der Waals surface area contributed by atoms with Gasteiger partial charge >= 0.3 is 0 Å². The second-order valence-corrected chi connectivity index (χ2v) is 3.42. The van der Waals surface area contributed by atoms with Gasteiger partial charge in [0.05, 0.1) is 5.56 Å². The van der Waals surface area contributed by atoms with Gasteiger partial charge in [-0.2, -0.15) is 0 Å². The van der Waals surface area contributed by atoms with Gasteiger partial charge in [0.15, 0.2) is 0 Å². The van der Waals surface area contributed by atoms with Crippen molar-refractivity contribution < 1.29 is 13.6 Å². The maximum atomic E-state index is 12.2. The van der Waals surface area contributed by atoms with Gasteiger partial charge in [-0.25, -0.2) is 8.78 Å². The second kappa shape index (κ2) is 4.11. The number of carbonyl (C=O) groups excluding carboxylic acids is 1. The molecule has 1 rings (SSSR count). The monoisotopic (exact) mass is 269 g/mol. The third-order valence-corrected chi connectivity index (χ3v) is 1.94. The molecule has 0 N–H and O–H groups in total. The Labute approximate surface area is 86.0 Å². The topological polar surface area (TPSA) is 30.0 Å². The molecule has 0 radical (unpaired) electrons. The van der Waals surface area contributed by atoms with Crippen molar-refractivity contribution >= 4 is 32.8 Å². The van der Waals surface area contributed by atoms with Gasteiger partial charge < -0.3 is 0 Å². The Kier molecular flexibility index (Phi) is 3.33. The smallest absolute Gasteiger partial charge is 0.276 e. The molecule has 0 bridgehead atoms. The third-order valence-electron chi connectivity index (χ3n) is 1.30. The van der Waals surface area contributed by atoms with E-state index in [-0.39, 0.29) is 5.56 Å². The van der Waals surface area contributed by atoms with Crippen molar-refractivity contribution in [2.75, 3.05) is 0 Å². The first-order chi connectivity index (χ1) is 6.02. The Morgan fingerprint density at radius 1 is 1.62 bits per heavy atom. The van der Waals surface area contributed by atoms with Crippen molar-refractivity contribution in [3.8, 4) is 0 Å². The summed E-state index contributed by atoms with van der Waals surface area (Å²) < 4.78 is 24.9. The predicted molar refractivity (Wildman–Crippen MR) is 47.1 cm³/mol. The molecule has 13 heavy (non-hydrogen) atoms. The summed E-state index contributed by atoms with van der Waals surface area (Å²) in [6, 6.07) is 1.21. The van der Waals surface area contributed by atoms with Gasteiger partial charge in [-0.3, -0.25) is 9.78 Å². The minimum atomic E-state index is -2.80. The Bertz CT molecular complexity index is 345. The maximum absolute atomic E-state index is 12.2. The number of hydrogen-bond donors (Lipinski definition) is 0. The SMILES string of the molecule is O=C(Cl)c1cc(Br)cnc1C(F)F. The van der Waals surface area contributed by atoms with E-state index in [1.54, 1.807) is 0 Å². The largest absolute Gasteiger partial charge is 0.281 e. The quantitative estimate of drug-likeness (QED) is 0.773. The van der Waals surface area contributed by atoms with Crippen molar-refractivity contribution in [2.45, 2.75) is 6.43 Å². The lowest BCUT2D eigenvalue weighted by Crippen LogP contribution is -2.01. The number of carbonyl (C=O) groups is 1. The highest BCUT2D eigenvalue weighted by Gasteiger charge is 2.18. The predicted octanol–water partition coefficient (Wildman–Crippen LogP) is 3.16. The summed E-state index contributed by atoms with van der Waals surface area (Å²) in [7, 11) is 0. The van der Waals surface area contributed by atoms with Crippen LogP contribution < -0.4 is 0 Å². The van der Waals surface area contributed by atoms with Gasteiger partial charge in [0, 0.05) is 10.7 Å². The summed E-state index contributed by atoms with van der Waals surface area (Å²) in [4.78, 5) is 14.1. The molecule has 0 unspecified atom stereocenters. The summed E-state index contributed by atoms with van der Waals surface area (Å²) >= 11 is 8.09. The molecular weight excluding hydrogens is 267 g/mol. The molecule has 0 amide bonds.